The average molecular weight is 355 g/mol. The topological polar surface area (TPSA) is 63.7 Å². The fraction of sp³-hybridized carbons (Fsp3) is 0.400. The number of aromatic nitrogens is 1. The van der Waals surface area contributed by atoms with Crippen molar-refractivity contribution in [2.45, 2.75) is 26.3 Å². The Labute approximate surface area is 154 Å². The summed E-state index contributed by atoms with van der Waals surface area (Å²) in [5.74, 6) is 2.21. The molecule has 1 aliphatic rings. The number of rotatable bonds is 6. The fourth-order valence-electron chi connectivity index (χ4n) is 3.12. The first-order valence-corrected chi connectivity index (χ1v) is 8.89. The van der Waals surface area contributed by atoms with Crippen molar-refractivity contribution in [3.8, 4) is 11.5 Å². The van der Waals surface area contributed by atoms with Crippen molar-refractivity contribution in [2.75, 3.05) is 32.6 Å². The number of carbonyl (C=O) groups is 1. The second kappa shape index (κ2) is 8.08. The second-order valence-corrected chi connectivity index (χ2v) is 6.31. The summed E-state index contributed by atoms with van der Waals surface area (Å²) in [4.78, 5) is 19.0. The maximum Gasteiger partial charge on any atom is 0.255 e. The SMILES string of the molecule is CCCNc1ccc(C(=O)N2CCc3cc(OC)c(OC)cc3C2)cn1. The molecule has 2 heterocycles. The minimum atomic E-state index is -0.0000218. The number of hydrogen-bond acceptors (Lipinski definition) is 5. The molecule has 1 aromatic heterocycles. The Kier molecular flexibility index (Phi) is 5.61. The van der Waals surface area contributed by atoms with Crippen LogP contribution >= 0.6 is 0 Å². The van der Waals surface area contributed by atoms with Gasteiger partial charge in [0.2, 0.25) is 0 Å². The second-order valence-electron chi connectivity index (χ2n) is 6.31. The number of carbonyl (C=O) groups excluding carboxylic acids is 1. The number of pyridine rings is 1. The van der Waals surface area contributed by atoms with E-state index in [1.165, 1.54) is 5.56 Å². The van der Waals surface area contributed by atoms with E-state index in [4.69, 9.17) is 9.47 Å². The van der Waals surface area contributed by atoms with E-state index >= 15 is 0 Å². The molecular weight excluding hydrogens is 330 g/mol. The molecule has 6 heteroatoms. The molecule has 0 bridgehead atoms. The van der Waals surface area contributed by atoms with Crippen LogP contribution in [-0.4, -0.2) is 43.1 Å². The lowest BCUT2D eigenvalue weighted by Crippen LogP contribution is -2.36. The maximum atomic E-state index is 12.8. The van der Waals surface area contributed by atoms with Crippen molar-refractivity contribution in [2.24, 2.45) is 0 Å². The third kappa shape index (κ3) is 3.74. The molecule has 0 saturated carbocycles. The van der Waals surface area contributed by atoms with Gasteiger partial charge in [-0.15, -0.1) is 0 Å². The molecular formula is C20H25N3O3. The smallest absolute Gasteiger partial charge is 0.255 e. The van der Waals surface area contributed by atoms with Gasteiger partial charge in [0.1, 0.15) is 5.82 Å². The van der Waals surface area contributed by atoms with Gasteiger partial charge in [0.25, 0.3) is 5.91 Å². The molecule has 1 aliphatic heterocycles. The molecule has 0 atom stereocenters. The van der Waals surface area contributed by atoms with E-state index in [-0.39, 0.29) is 5.91 Å². The lowest BCUT2D eigenvalue weighted by Gasteiger charge is -2.29. The lowest BCUT2D eigenvalue weighted by molar-refractivity contribution is 0.0734. The van der Waals surface area contributed by atoms with Gasteiger partial charge in [-0.3, -0.25) is 4.79 Å². The molecule has 138 valence electrons. The van der Waals surface area contributed by atoms with Crippen LogP contribution in [0.1, 0.15) is 34.8 Å². The molecule has 0 unspecified atom stereocenters. The highest BCUT2D eigenvalue weighted by Gasteiger charge is 2.23. The van der Waals surface area contributed by atoms with E-state index in [9.17, 15) is 4.79 Å². The van der Waals surface area contributed by atoms with Crippen molar-refractivity contribution in [3.05, 3.63) is 47.2 Å². The zero-order chi connectivity index (χ0) is 18.5. The highest BCUT2D eigenvalue weighted by molar-refractivity contribution is 5.94. The van der Waals surface area contributed by atoms with Crippen LogP contribution < -0.4 is 14.8 Å². The van der Waals surface area contributed by atoms with Crippen molar-refractivity contribution < 1.29 is 14.3 Å². The van der Waals surface area contributed by atoms with Gasteiger partial charge in [0, 0.05) is 25.8 Å². The third-order valence-corrected chi connectivity index (χ3v) is 4.57. The molecule has 2 aromatic rings. The van der Waals surface area contributed by atoms with Crippen LogP contribution in [0.25, 0.3) is 0 Å². The van der Waals surface area contributed by atoms with Crippen molar-refractivity contribution in [3.63, 3.8) is 0 Å². The Morgan fingerprint density at radius 1 is 1.19 bits per heavy atom. The van der Waals surface area contributed by atoms with Gasteiger partial charge in [-0.2, -0.15) is 0 Å². The Morgan fingerprint density at radius 3 is 2.54 bits per heavy atom. The highest BCUT2D eigenvalue weighted by atomic mass is 16.5. The first kappa shape index (κ1) is 18.0. The zero-order valence-electron chi connectivity index (χ0n) is 15.5. The van der Waals surface area contributed by atoms with Crippen LogP contribution in [0.3, 0.4) is 0 Å². The first-order valence-electron chi connectivity index (χ1n) is 8.89. The number of nitrogens with zero attached hydrogens (tertiary/aromatic N) is 2. The van der Waals surface area contributed by atoms with Gasteiger partial charge in [-0.25, -0.2) is 4.98 Å². The van der Waals surface area contributed by atoms with Gasteiger partial charge in [-0.05, 0) is 48.2 Å². The molecule has 0 fully saturated rings. The Morgan fingerprint density at radius 2 is 1.92 bits per heavy atom. The molecule has 0 radical (unpaired) electrons. The molecule has 0 saturated heterocycles. The monoisotopic (exact) mass is 355 g/mol. The summed E-state index contributed by atoms with van der Waals surface area (Å²) >= 11 is 0. The average Bonchev–Trinajstić information content (AvgIpc) is 2.70. The largest absolute Gasteiger partial charge is 0.493 e. The van der Waals surface area contributed by atoms with Gasteiger partial charge < -0.3 is 19.7 Å². The summed E-state index contributed by atoms with van der Waals surface area (Å²) in [6.45, 7) is 4.21. The molecule has 0 spiro atoms. The summed E-state index contributed by atoms with van der Waals surface area (Å²) < 4.78 is 10.7. The minimum absolute atomic E-state index is 0.0000218. The number of hydrogen-bond donors (Lipinski definition) is 1. The van der Waals surface area contributed by atoms with E-state index in [1.807, 2.05) is 29.2 Å². The van der Waals surface area contributed by atoms with Crippen molar-refractivity contribution >= 4 is 11.7 Å². The number of methoxy groups -OCH3 is 2. The summed E-state index contributed by atoms with van der Waals surface area (Å²) in [7, 11) is 3.25. The molecule has 1 aromatic carbocycles. The number of ether oxygens (including phenoxy) is 2. The molecule has 1 amide bonds. The van der Waals surface area contributed by atoms with Gasteiger partial charge in [0.05, 0.1) is 19.8 Å². The van der Waals surface area contributed by atoms with Gasteiger partial charge in [0.15, 0.2) is 11.5 Å². The quantitative estimate of drug-likeness (QED) is 0.862. The summed E-state index contributed by atoms with van der Waals surface area (Å²) in [6.07, 6.45) is 3.47. The van der Waals surface area contributed by atoms with E-state index in [2.05, 4.69) is 17.2 Å². The van der Waals surface area contributed by atoms with E-state index in [1.54, 1.807) is 20.4 Å². The van der Waals surface area contributed by atoms with Crippen LogP contribution in [0.5, 0.6) is 11.5 Å². The number of amides is 1. The van der Waals surface area contributed by atoms with Crippen LogP contribution in [0.15, 0.2) is 30.5 Å². The van der Waals surface area contributed by atoms with Crippen LogP contribution in [0, 0.1) is 0 Å². The highest BCUT2D eigenvalue weighted by Crippen LogP contribution is 2.33. The number of fused-ring (bicyclic) bond motifs is 1. The normalized spacial score (nSPS) is 13.1. The van der Waals surface area contributed by atoms with Crippen LogP contribution in [0.4, 0.5) is 5.82 Å². The molecule has 1 N–H and O–H groups in total. The fourth-order valence-corrected chi connectivity index (χ4v) is 3.12. The maximum absolute atomic E-state index is 12.8. The van der Waals surface area contributed by atoms with Crippen molar-refractivity contribution in [1.29, 1.82) is 0 Å². The van der Waals surface area contributed by atoms with Crippen LogP contribution in [0.2, 0.25) is 0 Å². The minimum Gasteiger partial charge on any atom is -0.493 e. The van der Waals surface area contributed by atoms with Crippen molar-refractivity contribution in [1.82, 2.24) is 9.88 Å². The first-order chi connectivity index (χ1) is 12.7. The van der Waals surface area contributed by atoms with E-state index in [0.29, 0.717) is 24.4 Å². The molecule has 0 aliphatic carbocycles. The Balaban J connectivity index is 1.74. The number of nitrogens with one attached hydrogen (secondary N) is 1. The Bertz CT molecular complexity index is 775. The van der Waals surface area contributed by atoms with Crippen LogP contribution in [-0.2, 0) is 13.0 Å². The third-order valence-electron chi connectivity index (χ3n) is 4.57. The summed E-state index contributed by atoms with van der Waals surface area (Å²) in [6, 6.07) is 7.65. The lowest BCUT2D eigenvalue weighted by atomic mass is 9.98. The molecule has 3 rings (SSSR count). The summed E-state index contributed by atoms with van der Waals surface area (Å²) in [5.41, 5.74) is 2.90. The van der Waals surface area contributed by atoms with E-state index < -0.39 is 0 Å². The standard InChI is InChI=1S/C20H25N3O3/c1-4-8-21-19-6-5-15(12-22-19)20(24)23-9-7-14-10-17(25-2)18(26-3)11-16(14)13-23/h5-6,10-12H,4,7-9,13H2,1-3H3,(H,21,22). The van der Waals surface area contributed by atoms with Gasteiger partial charge in [-0.1, -0.05) is 6.92 Å². The predicted octanol–water partition coefficient (Wildman–Crippen LogP) is 3.12. The molecule has 26 heavy (non-hydrogen) atoms. The number of benzene rings is 1. The predicted molar refractivity (Wildman–Crippen MR) is 101 cm³/mol. The Hall–Kier alpha value is -2.76. The van der Waals surface area contributed by atoms with Gasteiger partial charge >= 0.3 is 0 Å². The molecule has 6 nitrogen and oxygen atoms in total. The zero-order valence-corrected chi connectivity index (χ0v) is 15.5. The van der Waals surface area contributed by atoms with E-state index in [0.717, 1.165) is 36.5 Å². The summed E-state index contributed by atoms with van der Waals surface area (Å²) in [5, 5.41) is 3.21. The number of anilines is 1.